The predicted molar refractivity (Wildman–Crippen MR) is 92.6 cm³/mol. The number of nitrogens with zero attached hydrogens (tertiary/aromatic N) is 2. The maximum Gasteiger partial charge on any atom is 0.0378 e. The van der Waals surface area contributed by atoms with Gasteiger partial charge in [-0.05, 0) is 44.8 Å². The molecule has 0 bridgehead atoms. The topological polar surface area (TPSA) is 18.5 Å². The second kappa shape index (κ2) is 9.37. The third-order valence-corrected chi connectivity index (χ3v) is 4.02. The molecule has 1 aromatic rings. The molecular formula is C16H28BrN3. The highest BCUT2D eigenvalue weighted by Gasteiger charge is 2.08. The van der Waals surface area contributed by atoms with E-state index in [1.165, 1.54) is 22.1 Å². The van der Waals surface area contributed by atoms with Crippen molar-refractivity contribution in [1.82, 2.24) is 10.2 Å². The van der Waals surface area contributed by atoms with Gasteiger partial charge in [-0.25, -0.2) is 0 Å². The van der Waals surface area contributed by atoms with Gasteiger partial charge in [0, 0.05) is 36.3 Å². The number of hydrogen-bond acceptors (Lipinski definition) is 3. The van der Waals surface area contributed by atoms with Crippen molar-refractivity contribution in [2.24, 2.45) is 0 Å². The van der Waals surface area contributed by atoms with Crippen LogP contribution in [0.4, 0.5) is 5.69 Å². The van der Waals surface area contributed by atoms with Crippen LogP contribution in [0.25, 0.3) is 0 Å². The number of benzene rings is 1. The Balaban J connectivity index is 2.77. The van der Waals surface area contributed by atoms with Gasteiger partial charge in [0.1, 0.15) is 0 Å². The van der Waals surface area contributed by atoms with Crippen molar-refractivity contribution in [2.75, 3.05) is 45.2 Å². The highest BCUT2D eigenvalue weighted by molar-refractivity contribution is 9.10. The normalized spacial score (nSPS) is 11.1. The van der Waals surface area contributed by atoms with E-state index >= 15 is 0 Å². The molecule has 0 fully saturated rings. The van der Waals surface area contributed by atoms with Crippen LogP contribution < -0.4 is 10.2 Å². The molecule has 1 N–H and O–H groups in total. The van der Waals surface area contributed by atoms with Crippen LogP contribution in [0.2, 0.25) is 0 Å². The van der Waals surface area contributed by atoms with Crippen LogP contribution in [0, 0.1) is 0 Å². The highest BCUT2D eigenvalue weighted by Crippen LogP contribution is 2.24. The number of anilines is 1. The van der Waals surface area contributed by atoms with E-state index in [9.17, 15) is 0 Å². The first-order valence-corrected chi connectivity index (χ1v) is 8.26. The molecule has 0 aliphatic heterocycles. The van der Waals surface area contributed by atoms with E-state index in [1.54, 1.807) is 0 Å². The van der Waals surface area contributed by atoms with Gasteiger partial charge in [0.25, 0.3) is 0 Å². The summed E-state index contributed by atoms with van der Waals surface area (Å²) in [5, 5.41) is 3.37. The molecule has 0 atom stereocenters. The smallest absolute Gasteiger partial charge is 0.0378 e. The molecular weight excluding hydrogens is 314 g/mol. The molecule has 0 radical (unpaired) electrons. The van der Waals surface area contributed by atoms with Crippen LogP contribution in [0.5, 0.6) is 0 Å². The van der Waals surface area contributed by atoms with Crippen molar-refractivity contribution in [3.05, 3.63) is 28.2 Å². The van der Waals surface area contributed by atoms with Gasteiger partial charge in [-0.15, -0.1) is 0 Å². The standard InChI is InChI=1S/C16H28BrN3/c1-5-9-20(11-10-19(3)4)15-8-7-14(13-18-6-2)16(17)12-15/h7-8,12,18H,5-6,9-11,13H2,1-4H3. The lowest BCUT2D eigenvalue weighted by atomic mass is 10.2. The zero-order chi connectivity index (χ0) is 15.0. The minimum Gasteiger partial charge on any atom is -0.370 e. The molecule has 0 unspecified atom stereocenters. The van der Waals surface area contributed by atoms with E-state index in [-0.39, 0.29) is 0 Å². The van der Waals surface area contributed by atoms with Gasteiger partial charge in [0.2, 0.25) is 0 Å². The molecule has 1 aromatic carbocycles. The Morgan fingerprint density at radius 1 is 1.10 bits per heavy atom. The van der Waals surface area contributed by atoms with E-state index in [0.29, 0.717) is 0 Å². The zero-order valence-electron chi connectivity index (χ0n) is 13.2. The Labute approximate surface area is 132 Å². The summed E-state index contributed by atoms with van der Waals surface area (Å²) in [6.45, 7) is 9.54. The van der Waals surface area contributed by atoms with Crippen molar-refractivity contribution in [3.8, 4) is 0 Å². The van der Waals surface area contributed by atoms with Crippen molar-refractivity contribution in [1.29, 1.82) is 0 Å². The Morgan fingerprint density at radius 3 is 2.40 bits per heavy atom. The Kier molecular flexibility index (Phi) is 8.19. The minimum atomic E-state index is 0.919. The number of likely N-dealkylation sites (N-methyl/N-ethyl adjacent to an activating group) is 1. The number of hydrogen-bond donors (Lipinski definition) is 1. The summed E-state index contributed by atoms with van der Waals surface area (Å²) in [5.74, 6) is 0. The summed E-state index contributed by atoms with van der Waals surface area (Å²) in [7, 11) is 4.25. The lowest BCUT2D eigenvalue weighted by Gasteiger charge is -2.26. The Morgan fingerprint density at radius 2 is 1.85 bits per heavy atom. The molecule has 0 aliphatic carbocycles. The first kappa shape index (κ1) is 17.5. The molecule has 0 saturated carbocycles. The van der Waals surface area contributed by atoms with Gasteiger partial charge in [0.15, 0.2) is 0 Å². The first-order valence-electron chi connectivity index (χ1n) is 7.47. The minimum absolute atomic E-state index is 0.919. The largest absolute Gasteiger partial charge is 0.370 e. The Hall–Kier alpha value is -0.580. The van der Waals surface area contributed by atoms with E-state index in [2.05, 4.69) is 77.2 Å². The average Bonchev–Trinajstić information content (AvgIpc) is 2.42. The summed E-state index contributed by atoms with van der Waals surface area (Å²) >= 11 is 3.70. The lowest BCUT2D eigenvalue weighted by molar-refractivity contribution is 0.413. The van der Waals surface area contributed by atoms with E-state index in [4.69, 9.17) is 0 Å². The SMILES string of the molecule is CCCN(CCN(C)C)c1ccc(CNCC)c(Br)c1. The predicted octanol–water partition coefficient (Wildman–Crippen LogP) is 3.34. The number of rotatable bonds is 9. The molecule has 0 saturated heterocycles. The van der Waals surface area contributed by atoms with E-state index in [0.717, 1.165) is 32.7 Å². The molecule has 0 aromatic heterocycles. The highest BCUT2D eigenvalue weighted by atomic mass is 79.9. The van der Waals surface area contributed by atoms with Crippen molar-refractivity contribution in [2.45, 2.75) is 26.8 Å². The monoisotopic (exact) mass is 341 g/mol. The third-order valence-electron chi connectivity index (χ3n) is 3.28. The van der Waals surface area contributed by atoms with Crippen LogP contribution in [0.1, 0.15) is 25.8 Å². The molecule has 0 heterocycles. The fraction of sp³-hybridized carbons (Fsp3) is 0.625. The van der Waals surface area contributed by atoms with Gasteiger partial charge in [-0.1, -0.05) is 35.8 Å². The summed E-state index contributed by atoms with van der Waals surface area (Å²) in [4.78, 5) is 4.69. The second-order valence-corrected chi connectivity index (χ2v) is 6.20. The van der Waals surface area contributed by atoms with Gasteiger partial charge in [0.05, 0.1) is 0 Å². The average molecular weight is 342 g/mol. The van der Waals surface area contributed by atoms with Crippen LogP contribution in [-0.2, 0) is 6.54 Å². The molecule has 0 spiro atoms. The molecule has 3 nitrogen and oxygen atoms in total. The maximum absolute atomic E-state index is 3.70. The fourth-order valence-electron chi connectivity index (χ4n) is 2.10. The van der Waals surface area contributed by atoms with Crippen LogP contribution >= 0.6 is 15.9 Å². The lowest BCUT2D eigenvalue weighted by Crippen LogP contribution is -2.32. The van der Waals surface area contributed by atoms with Gasteiger partial charge in [-0.2, -0.15) is 0 Å². The summed E-state index contributed by atoms with van der Waals surface area (Å²) in [5.41, 5.74) is 2.63. The van der Waals surface area contributed by atoms with Gasteiger partial charge < -0.3 is 15.1 Å². The number of nitrogens with one attached hydrogen (secondary N) is 1. The van der Waals surface area contributed by atoms with Gasteiger partial charge in [-0.3, -0.25) is 0 Å². The van der Waals surface area contributed by atoms with E-state index < -0.39 is 0 Å². The first-order chi connectivity index (χ1) is 9.58. The van der Waals surface area contributed by atoms with Crippen molar-refractivity contribution >= 4 is 21.6 Å². The zero-order valence-corrected chi connectivity index (χ0v) is 14.8. The van der Waals surface area contributed by atoms with Crippen molar-refractivity contribution in [3.63, 3.8) is 0 Å². The Bertz CT molecular complexity index is 393. The molecule has 0 amide bonds. The maximum atomic E-state index is 3.70. The molecule has 1 rings (SSSR count). The number of halogens is 1. The summed E-state index contributed by atoms with van der Waals surface area (Å²) < 4.78 is 1.20. The van der Waals surface area contributed by atoms with Crippen LogP contribution in [0.15, 0.2) is 22.7 Å². The molecule has 4 heteroatoms. The summed E-state index contributed by atoms with van der Waals surface area (Å²) in [6.07, 6.45) is 1.17. The quantitative estimate of drug-likeness (QED) is 0.743. The molecule has 0 aliphatic rings. The van der Waals surface area contributed by atoms with Crippen LogP contribution in [0.3, 0.4) is 0 Å². The second-order valence-electron chi connectivity index (χ2n) is 5.35. The fourth-order valence-corrected chi connectivity index (χ4v) is 2.60. The van der Waals surface area contributed by atoms with Gasteiger partial charge >= 0.3 is 0 Å². The van der Waals surface area contributed by atoms with Crippen molar-refractivity contribution < 1.29 is 0 Å². The molecule has 114 valence electrons. The summed E-state index contributed by atoms with van der Waals surface area (Å²) in [6, 6.07) is 6.71. The van der Waals surface area contributed by atoms with Crippen LogP contribution in [-0.4, -0.2) is 45.2 Å². The van der Waals surface area contributed by atoms with E-state index in [1.807, 2.05) is 0 Å². The third kappa shape index (κ3) is 5.81. The molecule has 20 heavy (non-hydrogen) atoms.